The summed E-state index contributed by atoms with van der Waals surface area (Å²) in [6.45, 7) is 17.9. The molecule has 668 valence electrons. The summed E-state index contributed by atoms with van der Waals surface area (Å²) in [5.41, 5.74) is -5.69. The molecule has 0 radical (unpaired) electrons. The summed E-state index contributed by atoms with van der Waals surface area (Å²) in [4.78, 5) is 153. The maximum absolute atomic E-state index is 15.0. The van der Waals surface area contributed by atoms with Crippen molar-refractivity contribution in [1.29, 1.82) is 0 Å². The summed E-state index contributed by atoms with van der Waals surface area (Å²) in [5.74, 6) is 46.5. The normalized spacial score (nSPS) is 21.4. The van der Waals surface area contributed by atoms with Crippen molar-refractivity contribution in [3.63, 3.8) is 0 Å². The highest BCUT2D eigenvalue weighted by Crippen LogP contribution is 2.46. The summed E-state index contributed by atoms with van der Waals surface area (Å²) >= 11 is 0. The second-order valence-corrected chi connectivity index (χ2v) is 36.1. The van der Waals surface area contributed by atoms with E-state index in [1.54, 1.807) is 20.8 Å². The minimum Gasteiger partial charge on any atom is -0.457 e. The third kappa shape index (κ3) is 25.0. The Balaban J connectivity index is -0.000000630. The first kappa shape index (κ1) is 92.7. The average molecular weight is 1770 g/mol. The van der Waals surface area contributed by atoms with Gasteiger partial charge in [-0.15, -0.1) is 33.6 Å². The van der Waals surface area contributed by atoms with Crippen molar-refractivity contribution in [2.45, 2.75) is 206 Å². The zero-order valence-electron chi connectivity index (χ0n) is 67.1. The first-order valence-electron chi connectivity index (χ1n) is 36.9. The molecule has 3 N–H and O–H groups in total. The summed E-state index contributed by atoms with van der Waals surface area (Å²) in [5, 5.41) is -0.607. The van der Waals surface area contributed by atoms with E-state index in [0.29, 0.717) is 22.1 Å². The minimum atomic E-state index is -3.40. The lowest BCUT2D eigenvalue weighted by molar-refractivity contribution is -0.156. The Bertz CT molecular complexity index is 6330. The van der Waals surface area contributed by atoms with Gasteiger partial charge >= 0.3 is 53.5 Å². The van der Waals surface area contributed by atoms with Crippen LogP contribution in [0.4, 0.5) is 0 Å². The number of carbonyl (C=O) groups is 3. The van der Waals surface area contributed by atoms with Gasteiger partial charge in [0.25, 0.3) is 28.1 Å². The van der Waals surface area contributed by atoms with Gasteiger partial charge < -0.3 is 37.6 Å². The van der Waals surface area contributed by atoms with E-state index in [2.05, 4.69) is 139 Å². The number of aryl methyl sites for hydroxylation is 4. The number of aromatic nitrogens is 8. The second-order valence-electron chi connectivity index (χ2n) is 28.6. The molecule has 9 rings (SSSR count). The van der Waals surface area contributed by atoms with Gasteiger partial charge in [-0.2, -0.15) is 4.57 Å². The molecule has 8 heterocycles. The number of nitrogens with one attached hydrogen (secondary N) is 3. The van der Waals surface area contributed by atoms with Gasteiger partial charge in [-0.25, -0.2) is 19.2 Å². The molecule has 0 saturated carbocycles. The van der Waals surface area contributed by atoms with E-state index in [0.717, 1.165) is 26.0 Å². The average Bonchev–Trinajstić information content (AvgIpc) is 1.58. The van der Waals surface area contributed by atoms with Gasteiger partial charge in [0.05, 0.1) is 12.5 Å². The van der Waals surface area contributed by atoms with Crippen LogP contribution in [0.2, 0.25) is 18.1 Å². The number of hydrogen-bond acceptors (Lipinski definition) is 27. The van der Waals surface area contributed by atoms with Crippen molar-refractivity contribution in [1.82, 2.24) is 37.8 Å². The number of esters is 1. The molecule has 4 aliphatic rings. The van der Waals surface area contributed by atoms with Crippen LogP contribution in [-0.4, -0.2) is 139 Å². The predicted octanol–water partition coefficient (Wildman–Crippen LogP) is 10.3. The molecular formula is C82H122N8O27P3Si+3. The van der Waals surface area contributed by atoms with E-state index >= 15 is 4.79 Å². The fourth-order valence-electron chi connectivity index (χ4n) is 11.9. The maximum atomic E-state index is 15.0. The Labute approximate surface area is 727 Å². The van der Waals surface area contributed by atoms with E-state index in [-0.39, 0.29) is 90.9 Å². The van der Waals surface area contributed by atoms with Gasteiger partial charge in [-0.1, -0.05) is 27.7 Å². The lowest BCUT2D eigenvalue weighted by atomic mass is 10.0. The number of hydrogen-bond donors (Lipinski definition) is 3. The molecule has 4 saturated heterocycles. The largest absolute Gasteiger partial charge is 0.697 e. The molecular weight excluding hydrogens is 1650 g/mol. The molecule has 16 atom stereocenters. The summed E-state index contributed by atoms with van der Waals surface area (Å²) in [6.07, 6.45) is -5.56. The quantitative estimate of drug-likeness (QED) is 0.0181. The molecule has 5 aromatic rings. The van der Waals surface area contributed by atoms with Crippen LogP contribution in [0, 0.1) is 166 Å². The molecule has 39 heteroatoms. The number of carbonyl (C=O) groups excluding carboxylic acids is 3. The summed E-state index contributed by atoms with van der Waals surface area (Å²) in [7, 11) is -12.8. The van der Waals surface area contributed by atoms with E-state index in [9.17, 15) is 61.6 Å². The van der Waals surface area contributed by atoms with Crippen molar-refractivity contribution < 1.29 is 119 Å². The van der Waals surface area contributed by atoms with Gasteiger partial charge in [-0.05, 0) is 137 Å². The van der Waals surface area contributed by atoms with Crippen LogP contribution in [0.1, 0.15) is 168 Å². The zero-order chi connectivity index (χ0) is 88.0. The predicted molar refractivity (Wildman–Crippen MR) is 479 cm³/mol. The third-order valence-corrected chi connectivity index (χ3v) is 26.1. The lowest BCUT2D eigenvalue weighted by Gasteiger charge is -2.40. The molecule has 4 fully saturated rings. The lowest BCUT2D eigenvalue weighted by Crippen LogP contribution is -2.51. The van der Waals surface area contributed by atoms with Crippen molar-refractivity contribution in [2.24, 2.45) is 0 Å². The maximum Gasteiger partial charge on any atom is 0.697 e. The SMILES string of the molecule is C#CC#CC#CC#CC#CC#CC#CC#CC#CC#CC#COc1cc(C(=O)n2c(=O)ccn([C@@H]3O[C@H](CO[P+](=O)OC4C[C@H](n5cc(C)c(=O)[nH]c5=O)O[C@@H]4CO[P+](=O)OC4C[C@H](n5cc(C)c(=O)[nH]c5=O)O[C@@H]4CO[P+](=O)OC4C[C@H](n5cc(C)c(=O)[nH]c5=O)O[C@@H]4CC)C(OC(=O)CCC(C)=O)[C@@H]3O[Si](C)(C)C(C)(C)C)c2=O)cc(C)c1C.[HH].[HH].[HH].[HH].[HH].[HH].[HH].[HH].[HH].[HH].[HH].[HH].[HH].[HH].[HH].[HH].[HH].[HH].[HH].[HH].[HH].[HH]. The Morgan fingerprint density at radius 3 is 1.36 bits per heavy atom. The highest BCUT2D eigenvalue weighted by molar-refractivity contribution is 7.33. The monoisotopic (exact) mass is 1770 g/mol. The van der Waals surface area contributed by atoms with Gasteiger partial charge in [0.15, 0.2) is 20.6 Å². The van der Waals surface area contributed by atoms with Crippen LogP contribution >= 0.6 is 24.8 Å². The topological polar surface area (TPSA) is 431 Å². The molecule has 0 amide bonds. The number of aromatic amines is 3. The van der Waals surface area contributed by atoms with Crippen LogP contribution in [0.25, 0.3) is 0 Å². The van der Waals surface area contributed by atoms with Crippen LogP contribution in [0.15, 0.2) is 81.3 Å². The van der Waals surface area contributed by atoms with Gasteiger partial charge in [0.1, 0.15) is 98.9 Å². The number of Topliss-reactive ketones (excluding diaryl/α,β-unsaturated/α-hetero) is 1. The van der Waals surface area contributed by atoms with Crippen molar-refractivity contribution in [2.75, 3.05) is 19.8 Å². The number of H-pyrrole nitrogens is 3. The van der Waals surface area contributed by atoms with Gasteiger partial charge in [0.2, 0.25) is 0 Å². The van der Waals surface area contributed by atoms with E-state index in [4.69, 9.17) is 66.4 Å². The number of nitrogens with zero attached hydrogens (tertiary/aromatic N) is 5. The van der Waals surface area contributed by atoms with E-state index in [1.165, 1.54) is 63.0 Å². The summed E-state index contributed by atoms with van der Waals surface area (Å²) in [6, 6.07) is 3.59. The third-order valence-electron chi connectivity index (χ3n) is 19.2. The van der Waals surface area contributed by atoms with Crippen LogP contribution in [0.5, 0.6) is 5.75 Å². The van der Waals surface area contributed by atoms with E-state index in [1.807, 2.05) is 33.9 Å². The first-order valence-corrected chi connectivity index (χ1v) is 43.1. The number of rotatable bonds is 28. The molecule has 0 bridgehead atoms. The van der Waals surface area contributed by atoms with Crippen molar-refractivity contribution in [3.8, 4) is 137 Å². The number of terminal acetylenes is 1. The molecule has 35 nitrogen and oxygen atoms in total. The summed E-state index contributed by atoms with van der Waals surface area (Å²) < 4.78 is 125. The zero-order valence-corrected chi connectivity index (χ0v) is 70.8. The number of benzene rings is 1. The van der Waals surface area contributed by atoms with Crippen LogP contribution < -0.4 is 49.7 Å². The molecule has 1 aromatic carbocycles. The molecule has 0 spiro atoms. The van der Waals surface area contributed by atoms with E-state index < -0.39 is 201 Å². The van der Waals surface area contributed by atoms with Crippen molar-refractivity contribution in [3.05, 3.63) is 160 Å². The minimum absolute atomic E-state index is 0. The Morgan fingerprint density at radius 2 is 0.950 bits per heavy atom. The Morgan fingerprint density at radius 1 is 0.545 bits per heavy atom. The Hall–Kier alpha value is -12.2. The highest BCUT2D eigenvalue weighted by atomic mass is 31.1. The molecule has 7 unspecified atom stereocenters. The molecule has 121 heavy (non-hydrogen) atoms. The highest BCUT2D eigenvalue weighted by Gasteiger charge is 2.56. The fourth-order valence-corrected chi connectivity index (χ4v) is 15.5. The molecule has 0 aliphatic carbocycles. The second kappa shape index (κ2) is 42.6. The van der Waals surface area contributed by atoms with Gasteiger partial charge in [0, 0.05) is 195 Å². The van der Waals surface area contributed by atoms with Gasteiger partial charge in [-0.3, -0.25) is 62.0 Å². The standard InChI is InChI=1S/C82H75N8O27P3Si.22H2/c1-14-16-17-18-19-20-21-22-23-24-25-26-27-28-29-30-31-32-33-34-39-105-59-41-57(40-51(3)56(59)8)76(97)90-66(92)37-38-86(81(90)101)77-72(117-121(12,13)82(9,10)11)71(113-70(93)36-35-55(7)91)65(112-77)50-108-120(104)116-62-44-69(89-47-54(6)75(96)85-80(89)100)111-64(62)49-107-119(103)115-61-43-68(88-46-53(5)74(95)84-79(88)99)110-63(61)48-106-118(102)114-60-42-67(109-58(60)15-2)87-45-52(4)73(94)83-78(87)98;;;;;;;;;;;;;;;;;;;;;;/h1,37-38,40-41,45-47,58,60-65,67-69,71-72,77H,15,35-36,42-44,48-50H2,2-13H3;22*1H/p+3/t58-,60?,61?,62?,63-,64-,65-,67-,68-,69-,71?,72+,77-;;;;;;;;;;;;;;;;;;;;;;/m1....................../s1. The number of ether oxygens (including phenoxy) is 6. The fraction of sp³-hybridized carbons (Fsp3) is 0.427. The number of ketones is 1. The molecule has 4 aromatic heterocycles. The smallest absolute Gasteiger partial charge is 0.457 e. The Kier molecular flexibility index (Phi) is 32.7. The van der Waals surface area contributed by atoms with Crippen molar-refractivity contribution >= 4 is 50.7 Å². The van der Waals surface area contributed by atoms with Crippen LogP contribution in [-0.2, 0) is 78.5 Å². The van der Waals surface area contributed by atoms with Crippen LogP contribution in [0.3, 0.4) is 0 Å². The molecule has 4 aliphatic heterocycles. The first-order chi connectivity index (χ1) is 57.6.